The topological polar surface area (TPSA) is 87.2 Å². The second-order valence-corrected chi connectivity index (χ2v) is 4.83. The minimum atomic E-state index is -0.953. The summed E-state index contributed by atoms with van der Waals surface area (Å²) >= 11 is 0. The summed E-state index contributed by atoms with van der Waals surface area (Å²) in [6, 6.07) is -0.434. The fourth-order valence-electron chi connectivity index (χ4n) is 2.48. The first-order valence-electron chi connectivity index (χ1n) is 6.44. The van der Waals surface area contributed by atoms with Gasteiger partial charge in [0.05, 0.1) is 32.2 Å². The Morgan fingerprint density at radius 3 is 2.79 bits per heavy atom. The molecule has 2 aliphatic heterocycles. The molecule has 0 saturated carbocycles. The summed E-state index contributed by atoms with van der Waals surface area (Å²) in [5.41, 5.74) is 0. The van der Waals surface area contributed by atoms with Crippen molar-refractivity contribution < 1.29 is 24.2 Å². The van der Waals surface area contributed by atoms with Gasteiger partial charge in [-0.2, -0.15) is 0 Å². The number of amides is 2. The molecule has 1 unspecified atom stereocenters. The van der Waals surface area contributed by atoms with Gasteiger partial charge in [0.1, 0.15) is 0 Å². The molecule has 2 heterocycles. The second kappa shape index (κ2) is 6.01. The molecule has 19 heavy (non-hydrogen) atoms. The summed E-state index contributed by atoms with van der Waals surface area (Å²) in [5.74, 6) is -1.15. The molecule has 2 saturated heterocycles. The molecule has 1 atom stereocenters. The van der Waals surface area contributed by atoms with Crippen LogP contribution in [0.3, 0.4) is 0 Å². The van der Waals surface area contributed by atoms with Gasteiger partial charge in [-0.3, -0.25) is 14.4 Å². The van der Waals surface area contributed by atoms with Crippen LogP contribution in [0.15, 0.2) is 0 Å². The predicted molar refractivity (Wildman–Crippen MR) is 64.4 cm³/mol. The zero-order valence-corrected chi connectivity index (χ0v) is 10.7. The van der Waals surface area contributed by atoms with Crippen LogP contribution in [0.5, 0.6) is 0 Å². The number of nitrogens with zero attached hydrogens (tertiary/aromatic N) is 2. The highest BCUT2D eigenvalue weighted by Crippen LogP contribution is 2.14. The number of carboxylic acid groups (broad SMARTS) is 1. The molecule has 0 aliphatic carbocycles. The highest BCUT2D eigenvalue weighted by molar-refractivity contribution is 5.86. The third-order valence-corrected chi connectivity index (χ3v) is 3.46. The number of rotatable bonds is 4. The van der Waals surface area contributed by atoms with Gasteiger partial charge in [-0.15, -0.1) is 0 Å². The molecule has 2 fully saturated rings. The predicted octanol–water partition coefficient (Wildman–Crippen LogP) is -0.689. The smallest absolute Gasteiger partial charge is 0.305 e. The monoisotopic (exact) mass is 270 g/mol. The minimum absolute atomic E-state index is 0.00334. The fourth-order valence-corrected chi connectivity index (χ4v) is 2.48. The van der Waals surface area contributed by atoms with Gasteiger partial charge in [0, 0.05) is 19.5 Å². The van der Waals surface area contributed by atoms with E-state index in [4.69, 9.17) is 9.84 Å². The van der Waals surface area contributed by atoms with Crippen LogP contribution in [0.25, 0.3) is 0 Å². The van der Waals surface area contributed by atoms with Crippen molar-refractivity contribution in [2.45, 2.75) is 25.3 Å². The number of likely N-dealkylation sites (tertiary alicyclic amines) is 1. The molecule has 0 bridgehead atoms. The largest absolute Gasteiger partial charge is 0.481 e. The SMILES string of the molecule is O=C(O)CC1COCCN1C(=O)CN1CCCC1=O. The fraction of sp³-hybridized carbons (Fsp3) is 0.750. The van der Waals surface area contributed by atoms with E-state index in [1.165, 1.54) is 9.80 Å². The van der Waals surface area contributed by atoms with E-state index in [0.29, 0.717) is 26.1 Å². The van der Waals surface area contributed by atoms with Gasteiger partial charge in [-0.1, -0.05) is 0 Å². The van der Waals surface area contributed by atoms with E-state index in [1.54, 1.807) is 0 Å². The van der Waals surface area contributed by atoms with Gasteiger partial charge in [0.15, 0.2) is 0 Å². The molecule has 2 aliphatic rings. The van der Waals surface area contributed by atoms with E-state index < -0.39 is 12.0 Å². The van der Waals surface area contributed by atoms with Crippen molar-refractivity contribution in [3.8, 4) is 0 Å². The van der Waals surface area contributed by atoms with Crippen LogP contribution >= 0.6 is 0 Å². The molecule has 2 rings (SSSR count). The third kappa shape index (κ3) is 3.44. The maximum atomic E-state index is 12.2. The van der Waals surface area contributed by atoms with Crippen molar-refractivity contribution in [3.05, 3.63) is 0 Å². The molecule has 106 valence electrons. The van der Waals surface area contributed by atoms with E-state index in [-0.39, 0.29) is 31.4 Å². The number of morpholine rings is 1. The lowest BCUT2D eigenvalue weighted by Gasteiger charge is -2.35. The van der Waals surface area contributed by atoms with E-state index in [2.05, 4.69) is 0 Å². The Kier molecular flexibility index (Phi) is 4.36. The molecule has 0 aromatic carbocycles. The second-order valence-electron chi connectivity index (χ2n) is 4.83. The molecule has 7 nitrogen and oxygen atoms in total. The van der Waals surface area contributed by atoms with Crippen molar-refractivity contribution in [2.24, 2.45) is 0 Å². The highest BCUT2D eigenvalue weighted by atomic mass is 16.5. The van der Waals surface area contributed by atoms with Gasteiger partial charge in [-0.05, 0) is 6.42 Å². The van der Waals surface area contributed by atoms with Crippen molar-refractivity contribution in [1.82, 2.24) is 9.80 Å². The molecule has 7 heteroatoms. The molecule has 0 aromatic rings. The maximum Gasteiger partial charge on any atom is 0.305 e. The number of aliphatic carboxylic acids is 1. The lowest BCUT2D eigenvalue weighted by atomic mass is 10.1. The summed E-state index contributed by atoms with van der Waals surface area (Å²) in [6.07, 6.45) is 1.16. The number of ether oxygens (including phenoxy) is 1. The Bertz CT molecular complexity index is 384. The Labute approximate surface area is 111 Å². The third-order valence-electron chi connectivity index (χ3n) is 3.46. The number of hydrogen-bond donors (Lipinski definition) is 1. The van der Waals surface area contributed by atoms with E-state index in [0.717, 1.165) is 6.42 Å². The van der Waals surface area contributed by atoms with Crippen LogP contribution < -0.4 is 0 Å². The quantitative estimate of drug-likeness (QED) is 0.730. The molecule has 0 radical (unpaired) electrons. The Balaban J connectivity index is 1.94. The number of hydrogen-bond acceptors (Lipinski definition) is 4. The first kappa shape index (κ1) is 13.8. The van der Waals surface area contributed by atoms with Gasteiger partial charge < -0.3 is 19.6 Å². The van der Waals surface area contributed by atoms with Crippen LogP contribution in [0, 0.1) is 0 Å². The van der Waals surface area contributed by atoms with Crippen LogP contribution in [0.4, 0.5) is 0 Å². The summed E-state index contributed by atoms with van der Waals surface area (Å²) < 4.78 is 5.22. The molecule has 0 spiro atoms. The normalized spacial score (nSPS) is 23.8. The maximum absolute atomic E-state index is 12.2. The van der Waals surface area contributed by atoms with Gasteiger partial charge in [0.25, 0.3) is 0 Å². The molecule has 1 N–H and O–H groups in total. The molecule has 0 aromatic heterocycles. The van der Waals surface area contributed by atoms with Crippen LogP contribution in [-0.2, 0) is 19.1 Å². The Hall–Kier alpha value is -1.63. The molecular weight excluding hydrogens is 252 g/mol. The van der Waals surface area contributed by atoms with Crippen LogP contribution in [0.2, 0.25) is 0 Å². The van der Waals surface area contributed by atoms with Gasteiger partial charge in [-0.25, -0.2) is 0 Å². The lowest BCUT2D eigenvalue weighted by molar-refractivity contribution is -0.149. The van der Waals surface area contributed by atoms with Crippen LogP contribution in [-0.4, -0.2) is 71.6 Å². The summed E-state index contributed by atoms with van der Waals surface area (Å²) in [4.78, 5) is 37.5. The lowest BCUT2D eigenvalue weighted by Crippen LogP contribution is -2.52. The average Bonchev–Trinajstić information content (AvgIpc) is 2.75. The first-order valence-corrected chi connectivity index (χ1v) is 6.44. The van der Waals surface area contributed by atoms with E-state index in [1.807, 2.05) is 0 Å². The Morgan fingerprint density at radius 2 is 2.16 bits per heavy atom. The summed E-state index contributed by atoms with van der Waals surface area (Å²) in [6.45, 7) is 1.70. The van der Waals surface area contributed by atoms with Crippen molar-refractivity contribution >= 4 is 17.8 Å². The molecule has 2 amide bonds. The first-order chi connectivity index (χ1) is 9.08. The zero-order chi connectivity index (χ0) is 13.8. The van der Waals surface area contributed by atoms with E-state index in [9.17, 15) is 14.4 Å². The standard InChI is InChI=1S/C12H18N2O5/c15-10-2-1-3-13(10)7-11(16)14-4-5-19-8-9(14)6-12(17)18/h9H,1-8H2,(H,17,18). The van der Waals surface area contributed by atoms with E-state index >= 15 is 0 Å². The Morgan fingerprint density at radius 1 is 1.37 bits per heavy atom. The van der Waals surface area contributed by atoms with Gasteiger partial charge >= 0.3 is 5.97 Å². The van der Waals surface area contributed by atoms with Crippen LogP contribution in [0.1, 0.15) is 19.3 Å². The average molecular weight is 270 g/mol. The number of carbonyl (C=O) groups excluding carboxylic acids is 2. The van der Waals surface area contributed by atoms with Crippen molar-refractivity contribution in [1.29, 1.82) is 0 Å². The highest BCUT2D eigenvalue weighted by Gasteiger charge is 2.31. The van der Waals surface area contributed by atoms with Gasteiger partial charge in [0.2, 0.25) is 11.8 Å². The minimum Gasteiger partial charge on any atom is -0.481 e. The summed E-state index contributed by atoms with van der Waals surface area (Å²) in [5, 5.41) is 8.83. The summed E-state index contributed by atoms with van der Waals surface area (Å²) in [7, 11) is 0. The zero-order valence-electron chi connectivity index (χ0n) is 10.7. The number of carboxylic acids is 1. The number of carbonyl (C=O) groups is 3. The molecular formula is C12H18N2O5. The van der Waals surface area contributed by atoms with Crippen molar-refractivity contribution in [3.63, 3.8) is 0 Å². The van der Waals surface area contributed by atoms with Crippen molar-refractivity contribution in [2.75, 3.05) is 32.8 Å².